The van der Waals surface area contributed by atoms with Crippen LogP contribution in [-0.4, -0.2) is 82.2 Å². The molecule has 1 unspecified atom stereocenters. The number of sulfone groups is 1. The molecule has 2 heterocycles. The zero-order valence-corrected chi connectivity index (χ0v) is 13.4. The molecule has 2 rings (SSSR count). The number of likely N-dealkylation sites (N-methyl/N-ethyl adjacent to an activating group) is 1. The molecule has 2 aliphatic rings. The van der Waals surface area contributed by atoms with E-state index in [9.17, 15) is 8.42 Å². The second-order valence-corrected chi connectivity index (χ2v) is 8.17. The van der Waals surface area contributed by atoms with Gasteiger partial charge in [0.1, 0.15) is 0 Å². The van der Waals surface area contributed by atoms with E-state index < -0.39 is 9.84 Å². The first kappa shape index (κ1) is 16.2. The van der Waals surface area contributed by atoms with Crippen molar-refractivity contribution < 1.29 is 13.2 Å². The fourth-order valence-electron chi connectivity index (χ4n) is 3.00. The molecule has 0 spiro atoms. The Morgan fingerprint density at radius 1 is 1.25 bits per heavy atom. The number of hydrogen-bond donors (Lipinski definition) is 0. The van der Waals surface area contributed by atoms with E-state index in [4.69, 9.17) is 4.74 Å². The van der Waals surface area contributed by atoms with Gasteiger partial charge in [-0.25, -0.2) is 8.42 Å². The quantitative estimate of drug-likeness (QED) is 0.684. The molecule has 6 heteroatoms. The summed E-state index contributed by atoms with van der Waals surface area (Å²) in [6.45, 7) is 10.2. The molecule has 0 N–H and O–H groups in total. The van der Waals surface area contributed by atoms with Crippen molar-refractivity contribution in [3.05, 3.63) is 0 Å². The summed E-state index contributed by atoms with van der Waals surface area (Å²) in [6, 6.07) is 0. The molecule has 0 radical (unpaired) electrons. The first-order valence-corrected chi connectivity index (χ1v) is 9.64. The number of nitrogens with zero attached hydrogens (tertiary/aromatic N) is 2. The van der Waals surface area contributed by atoms with Gasteiger partial charge in [-0.3, -0.25) is 4.90 Å². The largest absolute Gasteiger partial charge is 0.379 e. The van der Waals surface area contributed by atoms with Crippen LogP contribution in [0.1, 0.15) is 19.8 Å². The maximum Gasteiger partial charge on any atom is 0.150 e. The van der Waals surface area contributed by atoms with Gasteiger partial charge in [0.25, 0.3) is 0 Å². The van der Waals surface area contributed by atoms with Crippen molar-refractivity contribution in [2.24, 2.45) is 5.92 Å². The Morgan fingerprint density at radius 3 is 2.60 bits per heavy atom. The minimum atomic E-state index is -2.72. The molecular formula is C14H28N2O3S. The summed E-state index contributed by atoms with van der Waals surface area (Å²) in [7, 11) is -2.72. The first-order chi connectivity index (χ1) is 9.59. The third kappa shape index (κ3) is 5.31. The van der Waals surface area contributed by atoms with Gasteiger partial charge in [0.15, 0.2) is 9.84 Å². The van der Waals surface area contributed by atoms with Crippen LogP contribution >= 0.6 is 0 Å². The molecule has 5 nitrogen and oxygen atoms in total. The van der Waals surface area contributed by atoms with Crippen LogP contribution in [0.25, 0.3) is 0 Å². The Labute approximate surface area is 123 Å². The normalized spacial score (nSPS) is 27.2. The Kier molecular flexibility index (Phi) is 6.26. The average molecular weight is 304 g/mol. The lowest BCUT2D eigenvalue weighted by Crippen LogP contribution is -2.41. The van der Waals surface area contributed by atoms with Gasteiger partial charge in [0.05, 0.1) is 24.7 Å². The van der Waals surface area contributed by atoms with Crippen LogP contribution in [0.15, 0.2) is 0 Å². The lowest BCUT2D eigenvalue weighted by atomic mass is 10.1. The predicted octanol–water partition coefficient (Wildman–Crippen LogP) is 0.465. The minimum Gasteiger partial charge on any atom is -0.379 e. The predicted molar refractivity (Wildman–Crippen MR) is 80.8 cm³/mol. The van der Waals surface area contributed by atoms with Gasteiger partial charge in [-0.15, -0.1) is 0 Å². The van der Waals surface area contributed by atoms with Crippen LogP contribution in [0.5, 0.6) is 0 Å². The minimum absolute atomic E-state index is 0.387. The maximum atomic E-state index is 11.5. The molecule has 0 aromatic carbocycles. The zero-order valence-electron chi connectivity index (χ0n) is 12.6. The van der Waals surface area contributed by atoms with Gasteiger partial charge in [0.2, 0.25) is 0 Å². The lowest BCUT2D eigenvalue weighted by Gasteiger charge is -2.29. The van der Waals surface area contributed by atoms with Crippen LogP contribution in [0.2, 0.25) is 0 Å². The fraction of sp³-hybridized carbons (Fsp3) is 1.00. The van der Waals surface area contributed by atoms with E-state index in [2.05, 4.69) is 16.7 Å². The van der Waals surface area contributed by atoms with Gasteiger partial charge in [-0.05, 0) is 31.8 Å². The molecule has 2 saturated heterocycles. The fourth-order valence-corrected chi connectivity index (χ4v) is 4.91. The monoisotopic (exact) mass is 304 g/mol. The van der Waals surface area contributed by atoms with Crippen molar-refractivity contribution in [1.82, 2.24) is 9.80 Å². The van der Waals surface area contributed by atoms with Crippen LogP contribution in [-0.2, 0) is 14.6 Å². The second-order valence-electron chi connectivity index (χ2n) is 5.95. The molecule has 0 aromatic rings. The highest BCUT2D eigenvalue weighted by Crippen LogP contribution is 2.21. The molecule has 118 valence electrons. The Hall–Kier alpha value is -0.170. The van der Waals surface area contributed by atoms with E-state index >= 15 is 0 Å². The number of rotatable bonds is 7. The van der Waals surface area contributed by atoms with E-state index in [1.54, 1.807) is 0 Å². The van der Waals surface area contributed by atoms with Gasteiger partial charge in [-0.2, -0.15) is 0 Å². The van der Waals surface area contributed by atoms with Crippen LogP contribution in [0.4, 0.5) is 0 Å². The average Bonchev–Trinajstić information content (AvgIpc) is 2.80. The molecule has 0 aromatic heterocycles. The van der Waals surface area contributed by atoms with Crippen molar-refractivity contribution in [3.8, 4) is 0 Å². The van der Waals surface area contributed by atoms with Crippen molar-refractivity contribution in [1.29, 1.82) is 0 Å². The summed E-state index contributed by atoms with van der Waals surface area (Å²) >= 11 is 0. The highest BCUT2D eigenvalue weighted by molar-refractivity contribution is 7.91. The highest BCUT2D eigenvalue weighted by Gasteiger charge is 2.27. The number of hydrogen-bond acceptors (Lipinski definition) is 5. The molecule has 20 heavy (non-hydrogen) atoms. The van der Waals surface area contributed by atoms with Gasteiger partial charge >= 0.3 is 0 Å². The molecule has 0 bridgehead atoms. The summed E-state index contributed by atoms with van der Waals surface area (Å²) in [5, 5.41) is 0. The lowest BCUT2D eigenvalue weighted by molar-refractivity contribution is 0.0334. The Bertz CT molecular complexity index is 380. The van der Waals surface area contributed by atoms with E-state index in [0.29, 0.717) is 17.4 Å². The van der Waals surface area contributed by atoms with Crippen molar-refractivity contribution in [2.45, 2.75) is 19.8 Å². The molecule has 0 amide bonds. The van der Waals surface area contributed by atoms with Crippen molar-refractivity contribution in [3.63, 3.8) is 0 Å². The molecule has 1 atom stereocenters. The smallest absolute Gasteiger partial charge is 0.150 e. The number of ether oxygens (including phenoxy) is 1. The van der Waals surface area contributed by atoms with Crippen LogP contribution in [0.3, 0.4) is 0 Å². The van der Waals surface area contributed by atoms with Crippen LogP contribution < -0.4 is 0 Å². The third-order valence-corrected chi connectivity index (χ3v) is 6.30. The number of morpholine rings is 1. The van der Waals surface area contributed by atoms with Crippen molar-refractivity contribution >= 4 is 9.84 Å². The summed E-state index contributed by atoms with van der Waals surface area (Å²) < 4.78 is 28.3. The summed E-state index contributed by atoms with van der Waals surface area (Å²) in [4.78, 5) is 4.90. The second kappa shape index (κ2) is 7.73. The molecule has 2 aliphatic heterocycles. The van der Waals surface area contributed by atoms with E-state index in [-0.39, 0.29) is 0 Å². The van der Waals surface area contributed by atoms with Crippen molar-refractivity contribution in [2.75, 3.05) is 64.0 Å². The molecular weight excluding hydrogens is 276 g/mol. The summed E-state index contributed by atoms with van der Waals surface area (Å²) in [6.07, 6.45) is 1.89. The van der Waals surface area contributed by atoms with Gasteiger partial charge in [-0.1, -0.05) is 6.92 Å². The topological polar surface area (TPSA) is 49.9 Å². The van der Waals surface area contributed by atoms with E-state index in [1.165, 1.54) is 0 Å². The molecule has 0 aliphatic carbocycles. The highest BCUT2D eigenvalue weighted by atomic mass is 32.2. The van der Waals surface area contributed by atoms with Gasteiger partial charge in [0, 0.05) is 26.2 Å². The van der Waals surface area contributed by atoms with E-state index in [0.717, 1.165) is 65.3 Å². The Morgan fingerprint density at radius 2 is 2.00 bits per heavy atom. The molecule has 0 saturated carbocycles. The Balaban J connectivity index is 1.64. The first-order valence-electron chi connectivity index (χ1n) is 7.82. The van der Waals surface area contributed by atoms with E-state index in [1.807, 2.05) is 0 Å². The third-order valence-electron chi connectivity index (χ3n) is 4.46. The zero-order chi connectivity index (χ0) is 14.4. The van der Waals surface area contributed by atoms with Crippen LogP contribution in [0, 0.1) is 5.92 Å². The standard InChI is InChI=1S/C14H28N2O3S/c1-2-15(6-7-16-8-10-19-11-9-16)5-3-14-4-12-20(17,18)13-14/h14H,2-13H2,1H3. The van der Waals surface area contributed by atoms with Gasteiger partial charge < -0.3 is 9.64 Å². The summed E-state index contributed by atoms with van der Waals surface area (Å²) in [5.74, 6) is 1.20. The summed E-state index contributed by atoms with van der Waals surface area (Å²) in [5.41, 5.74) is 0. The molecule has 2 fully saturated rings. The maximum absolute atomic E-state index is 11.5. The SMILES string of the molecule is CCN(CCC1CCS(=O)(=O)C1)CCN1CCOCC1.